The predicted molar refractivity (Wildman–Crippen MR) is 115 cm³/mol. The van der Waals surface area contributed by atoms with Gasteiger partial charge in [-0.05, 0) is 42.1 Å². The van der Waals surface area contributed by atoms with E-state index in [1.807, 2.05) is 47.0 Å². The molecule has 0 bridgehead atoms. The molecule has 0 unspecified atom stereocenters. The SMILES string of the molecule is Cc1ccc2c(c1)cc(CNCCn1cncn1)c(=O)n2Cc1ccccc1Cl. The fraction of sp³-hybridized carbons (Fsp3) is 0.227. The third kappa shape index (κ3) is 4.39. The first-order chi connectivity index (χ1) is 14.1. The van der Waals surface area contributed by atoms with Gasteiger partial charge in [0.25, 0.3) is 5.56 Å². The molecule has 0 aliphatic rings. The number of aromatic nitrogens is 4. The molecule has 0 atom stereocenters. The van der Waals surface area contributed by atoms with E-state index in [1.54, 1.807) is 11.0 Å². The molecule has 148 valence electrons. The number of hydrogen-bond acceptors (Lipinski definition) is 4. The van der Waals surface area contributed by atoms with Gasteiger partial charge in [-0.25, -0.2) is 4.98 Å². The number of benzene rings is 2. The molecule has 0 saturated heterocycles. The van der Waals surface area contributed by atoms with Gasteiger partial charge in [-0.15, -0.1) is 0 Å². The maximum Gasteiger partial charge on any atom is 0.255 e. The van der Waals surface area contributed by atoms with Crippen LogP contribution < -0.4 is 10.9 Å². The Kier molecular flexibility index (Phi) is 5.74. The normalized spacial score (nSPS) is 11.2. The van der Waals surface area contributed by atoms with Gasteiger partial charge in [-0.1, -0.05) is 41.4 Å². The Balaban J connectivity index is 1.64. The third-order valence-corrected chi connectivity index (χ3v) is 5.28. The number of hydrogen-bond donors (Lipinski definition) is 1. The van der Waals surface area contributed by atoms with Gasteiger partial charge in [0.05, 0.1) is 18.6 Å². The van der Waals surface area contributed by atoms with Crippen LogP contribution in [0.3, 0.4) is 0 Å². The summed E-state index contributed by atoms with van der Waals surface area (Å²) in [5.41, 5.74) is 3.72. The average molecular weight is 408 g/mol. The number of halogens is 1. The van der Waals surface area contributed by atoms with Crippen LogP contribution in [0.15, 0.2) is 66.0 Å². The lowest BCUT2D eigenvalue weighted by atomic mass is 10.1. The standard InChI is InChI=1S/C22H22ClN5O/c1-16-6-7-21-18(10-16)11-19(12-24-8-9-27-15-25-14-26-27)22(29)28(21)13-17-4-2-3-5-20(17)23/h2-7,10-11,14-15,24H,8-9,12-13H2,1H3. The van der Waals surface area contributed by atoms with Crippen LogP contribution in [-0.4, -0.2) is 25.9 Å². The minimum Gasteiger partial charge on any atom is -0.311 e. The molecule has 0 aliphatic heterocycles. The van der Waals surface area contributed by atoms with Gasteiger partial charge in [0.1, 0.15) is 12.7 Å². The molecule has 0 saturated carbocycles. The lowest BCUT2D eigenvalue weighted by Gasteiger charge is -2.15. The van der Waals surface area contributed by atoms with Crippen molar-refractivity contribution >= 4 is 22.5 Å². The van der Waals surface area contributed by atoms with E-state index in [4.69, 9.17) is 11.6 Å². The molecule has 2 aromatic carbocycles. The molecule has 1 N–H and O–H groups in total. The summed E-state index contributed by atoms with van der Waals surface area (Å²) in [4.78, 5) is 17.2. The largest absolute Gasteiger partial charge is 0.311 e. The molecule has 2 heterocycles. The van der Waals surface area contributed by atoms with Gasteiger partial charge in [0.2, 0.25) is 0 Å². The van der Waals surface area contributed by atoms with Crippen LogP contribution >= 0.6 is 11.6 Å². The highest BCUT2D eigenvalue weighted by molar-refractivity contribution is 6.31. The number of rotatable bonds is 7. The minimum atomic E-state index is -0.00507. The monoisotopic (exact) mass is 407 g/mol. The second-order valence-electron chi connectivity index (χ2n) is 7.05. The highest BCUT2D eigenvalue weighted by atomic mass is 35.5. The number of pyridine rings is 1. The van der Waals surface area contributed by atoms with Crippen molar-refractivity contribution in [3.63, 3.8) is 0 Å². The summed E-state index contributed by atoms with van der Waals surface area (Å²) in [5, 5.41) is 9.13. The quantitative estimate of drug-likeness (QED) is 0.477. The van der Waals surface area contributed by atoms with Crippen LogP contribution in [0, 0.1) is 6.92 Å². The molecule has 0 radical (unpaired) electrons. The Morgan fingerprint density at radius 3 is 2.76 bits per heavy atom. The van der Waals surface area contributed by atoms with Crippen LogP contribution in [0.25, 0.3) is 10.9 Å². The molecule has 0 spiro atoms. The second kappa shape index (κ2) is 8.59. The summed E-state index contributed by atoms with van der Waals surface area (Å²) in [6.45, 7) is 4.36. The molecular formula is C22H22ClN5O. The van der Waals surface area contributed by atoms with Gasteiger partial charge in [-0.3, -0.25) is 9.48 Å². The average Bonchev–Trinajstić information content (AvgIpc) is 3.23. The van der Waals surface area contributed by atoms with Crippen molar-refractivity contribution in [3.05, 3.63) is 93.3 Å². The van der Waals surface area contributed by atoms with Crippen molar-refractivity contribution in [1.82, 2.24) is 24.6 Å². The summed E-state index contributed by atoms with van der Waals surface area (Å²) in [5.74, 6) is 0. The zero-order valence-electron chi connectivity index (χ0n) is 16.2. The third-order valence-electron chi connectivity index (χ3n) is 4.91. The Morgan fingerprint density at radius 2 is 1.97 bits per heavy atom. The summed E-state index contributed by atoms with van der Waals surface area (Å²) in [6, 6.07) is 15.8. The lowest BCUT2D eigenvalue weighted by molar-refractivity contribution is 0.551. The fourth-order valence-corrected chi connectivity index (χ4v) is 3.61. The lowest BCUT2D eigenvalue weighted by Crippen LogP contribution is -2.29. The zero-order valence-corrected chi connectivity index (χ0v) is 16.9. The molecule has 29 heavy (non-hydrogen) atoms. The van der Waals surface area contributed by atoms with E-state index in [0.29, 0.717) is 31.2 Å². The first-order valence-corrected chi connectivity index (χ1v) is 9.89. The van der Waals surface area contributed by atoms with Gasteiger partial charge < -0.3 is 9.88 Å². The highest BCUT2D eigenvalue weighted by Gasteiger charge is 2.11. The highest BCUT2D eigenvalue weighted by Crippen LogP contribution is 2.20. The molecule has 6 nitrogen and oxygen atoms in total. The Labute approximate surface area is 173 Å². The van der Waals surface area contributed by atoms with Crippen LogP contribution in [-0.2, 0) is 19.6 Å². The molecule has 0 fully saturated rings. The topological polar surface area (TPSA) is 64.7 Å². The summed E-state index contributed by atoms with van der Waals surface area (Å²) in [7, 11) is 0. The van der Waals surface area contributed by atoms with E-state index < -0.39 is 0 Å². The van der Waals surface area contributed by atoms with E-state index in [-0.39, 0.29) is 5.56 Å². The van der Waals surface area contributed by atoms with Gasteiger partial charge in [0.15, 0.2) is 0 Å². The molecule has 2 aromatic heterocycles. The van der Waals surface area contributed by atoms with Crippen molar-refractivity contribution in [1.29, 1.82) is 0 Å². The number of nitrogens with one attached hydrogen (secondary N) is 1. The molecular weight excluding hydrogens is 386 g/mol. The number of fused-ring (bicyclic) bond motifs is 1. The summed E-state index contributed by atoms with van der Waals surface area (Å²) < 4.78 is 3.57. The first kappa shape index (κ1) is 19.4. The molecule has 0 aliphatic carbocycles. The van der Waals surface area contributed by atoms with Crippen LogP contribution in [0.1, 0.15) is 16.7 Å². The molecule has 4 rings (SSSR count). The van der Waals surface area contributed by atoms with Crippen LogP contribution in [0.2, 0.25) is 5.02 Å². The zero-order chi connectivity index (χ0) is 20.2. The van der Waals surface area contributed by atoms with E-state index in [1.165, 1.54) is 6.33 Å². The first-order valence-electron chi connectivity index (χ1n) is 9.51. The smallest absolute Gasteiger partial charge is 0.255 e. The van der Waals surface area contributed by atoms with Gasteiger partial charge >= 0.3 is 0 Å². The Morgan fingerprint density at radius 1 is 1.10 bits per heavy atom. The molecule has 4 aromatic rings. The van der Waals surface area contributed by atoms with Crippen molar-refractivity contribution in [3.8, 4) is 0 Å². The molecule has 0 amide bonds. The Hall–Kier alpha value is -2.96. The van der Waals surface area contributed by atoms with Crippen LogP contribution in [0.5, 0.6) is 0 Å². The van der Waals surface area contributed by atoms with E-state index in [9.17, 15) is 4.79 Å². The number of nitrogens with zero attached hydrogens (tertiary/aromatic N) is 4. The van der Waals surface area contributed by atoms with Crippen LogP contribution in [0.4, 0.5) is 0 Å². The van der Waals surface area contributed by atoms with Crippen molar-refractivity contribution in [2.45, 2.75) is 26.6 Å². The second-order valence-corrected chi connectivity index (χ2v) is 7.46. The van der Waals surface area contributed by atoms with Crippen molar-refractivity contribution < 1.29 is 0 Å². The fourth-order valence-electron chi connectivity index (χ4n) is 3.41. The van der Waals surface area contributed by atoms with Crippen molar-refractivity contribution in [2.75, 3.05) is 6.54 Å². The maximum absolute atomic E-state index is 13.3. The molecule has 7 heteroatoms. The van der Waals surface area contributed by atoms with E-state index in [0.717, 1.165) is 27.6 Å². The van der Waals surface area contributed by atoms with Gasteiger partial charge in [-0.2, -0.15) is 5.10 Å². The number of aryl methyl sites for hydroxylation is 1. The van der Waals surface area contributed by atoms with Gasteiger partial charge in [0, 0.05) is 23.7 Å². The predicted octanol–water partition coefficient (Wildman–Crippen LogP) is 3.39. The van der Waals surface area contributed by atoms with E-state index >= 15 is 0 Å². The van der Waals surface area contributed by atoms with Crippen molar-refractivity contribution in [2.24, 2.45) is 0 Å². The minimum absolute atomic E-state index is 0.00507. The Bertz CT molecular complexity index is 1180. The maximum atomic E-state index is 13.3. The summed E-state index contributed by atoms with van der Waals surface area (Å²) in [6.07, 6.45) is 3.19. The summed E-state index contributed by atoms with van der Waals surface area (Å²) >= 11 is 6.35. The van der Waals surface area contributed by atoms with E-state index in [2.05, 4.69) is 28.4 Å².